The van der Waals surface area contributed by atoms with E-state index < -0.39 is 0 Å². The van der Waals surface area contributed by atoms with Crippen molar-refractivity contribution >= 4 is 41.7 Å². The maximum absolute atomic E-state index is 4.62. The van der Waals surface area contributed by atoms with E-state index in [0.29, 0.717) is 12.6 Å². The number of pyridine rings is 1. The molecule has 0 amide bonds. The van der Waals surface area contributed by atoms with E-state index in [4.69, 9.17) is 0 Å². The number of guanidine groups is 1. The van der Waals surface area contributed by atoms with Crippen LogP contribution < -0.4 is 10.6 Å². The summed E-state index contributed by atoms with van der Waals surface area (Å²) in [4.78, 5) is 8.94. The van der Waals surface area contributed by atoms with Crippen LogP contribution in [0.4, 0.5) is 0 Å². The van der Waals surface area contributed by atoms with Gasteiger partial charge < -0.3 is 15.2 Å². The Labute approximate surface area is 195 Å². The van der Waals surface area contributed by atoms with E-state index in [9.17, 15) is 0 Å². The van der Waals surface area contributed by atoms with Crippen LogP contribution in [0.2, 0.25) is 0 Å². The molecule has 0 spiro atoms. The average molecular weight is 529 g/mol. The molecule has 0 bridgehead atoms. The fourth-order valence-electron chi connectivity index (χ4n) is 3.59. The molecule has 160 valence electrons. The molecule has 2 N–H and O–H groups in total. The maximum Gasteiger partial charge on any atom is 0.191 e. The van der Waals surface area contributed by atoms with Gasteiger partial charge in [0.05, 0.1) is 12.2 Å². The van der Waals surface area contributed by atoms with Crippen LogP contribution >= 0.6 is 35.7 Å². The minimum atomic E-state index is 0. The van der Waals surface area contributed by atoms with Crippen LogP contribution in [0.25, 0.3) is 0 Å². The van der Waals surface area contributed by atoms with Crippen LogP contribution in [-0.2, 0) is 13.0 Å². The fraction of sp³-hybridized carbons (Fsp3) is 0.600. The maximum atomic E-state index is 4.62. The van der Waals surface area contributed by atoms with Crippen molar-refractivity contribution in [1.82, 2.24) is 30.4 Å². The van der Waals surface area contributed by atoms with Crippen LogP contribution in [0.3, 0.4) is 0 Å². The number of aromatic nitrogens is 4. The first-order chi connectivity index (χ1) is 13.8. The van der Waals surface area contributed by atoms with E-state index in [1.54, 1.807) is 18.0 Å². The molecule has 2 aromatic heterocycles. The summed E-state index contributed by atoms with van der Waals surface area (Å²) >= 11 is 1.70. The van der Waals surface area contributed by atoms with Gasteiger partial charge in [0.25, 0.3) is 0 Å². The monoisotopic (exact) mass is 529 g/mol. The van der Waals surface area contributed by atoms with Gasteiger partial charge in [-0.3, -0.25) is 4.98 Å². The Morgan fingerprint density at radius 1 is 1.24 bits per heavy atom. The molecule has 0 radical (unpaired) electrons. The van der Waals surface area contributed by atoms with Gasteiger partial charge in [-0.05, 0) is 44.6 Å². The lowest BCUT2D eigenvalue weighted by molar-refractivity contribution is 0.460. The zero-order valence-corrected chi connectivity index (χ0v) is 20.5. The number of thioether (sulfide) groups is 1. The third-order valence-electron chi connectivity index (χ3n) is 4.95. The molecule has 0 saturated heterocycles. The van der Waals surface area contributed by atoms with Crippen molar-refractivity contribution in [1.29, 1.82) is 0 Å². The van der Waals surface area contributed by atoms with Gasteiger partial charge in [0, 0.05) is 31.7 Å². The van der Waals surface area contributed by atoms with Crippen molar-refractivity contribution < 1.29 is 0 Å². The Kier molecular flexibility index (Phi) is 10.8. The van der Waals surface area contributed by atoms with E-state index in [-0.39, 0.29) is 24.0 Å². The second-order valence-electron chi connectivity index (χ2n) is 6.96. The highest BCUT2D eigenvalue weighted by Gasteiger charge is 2.23. The van der Waals surface area contributed by atoms with Gasteiger partial charge in [-0.2, -0.15) is 0 Å². The molecule has 0 aliphatic heterocycles. The lowest BCUT2D eigenvalue weighted by Crippen LogP contribution is -2.38. The largest absolute Gasteiger partial charge is 0.357 e. The predicted octanol–water partition coefficient (Wildman–Crippen LogP) is 3.82. The molecule has 0 atom stereocenters. The number of hydrogen-bond acceptors (Lipinski definition) is 5. The molecule has 9 heteroatoms. The Morgan fingerprint density at radius 2 is 2.07 bits per heavy atom. The molecule has 29 heavy (non-hydrogen) atoms. The molecule has 0 unspecified atom stereocenters. The van der Waals surface area contributed by atoms with Gasteiger partial charge in [-0.1, -0.05) is 30.7 Å². The molecule has 1 saturated carbocycles. The summed E-state index contributed by atoms with van der Waals surface area (Å²) in [6.07, 6.45) is 10.9. The van der Waals surface area contributed by atoms with Gasteiger partial charge in [-0.15, -0.1) is 34.2 Å². The summed E-state index contributed by atoms with van der Waals surface area (Å²) in [5.41, 5.74) is 0.967. The average Bonchev–Trinajstić information content (AvgIpc) is 3.39. The van der Waals surface area contributed by atoms with Gasteiger partial charge in [0.15, 0.2) is 11.1 Å². The first-order valence-electron chi connectivity index (χ1n) is 10.2. The fourth-order valence-corrected chi connectivity index (χ4v) is 4.17. The summed E-state index contributed by atoms with van der Waals surface area (Å²) in [6, 6.07) is 6.48. The Morgan fingerprint density at radius 3 is 2.76 bits per heavy atom. The quantitative estimate of drug-likeness (QED) is 0.169. The molecule has 2 heterocycles. The van der Waals surface area contributed by atoms with E-state index in [0.717, 1.165) is 48.6 Å². The lowest BCUT2D eigenvalue weighted by Gasteiger charge is -2.16. The molecule has 1 aliphatic carbocycles. The topological polar surface area (TPSA) is 80.0 Å². The second kappa shape index (κ2) is 13.0. The summed E-state index contributed by atoms with van der Waals surface area (Å²) in [5.74, 6) is 1.95. The molecule has 0 aromatic carbocycles. The normalized spacial score (nSPS) is 14.6. The van der Waals surface area contributed by atoms with E-state index in [1.807, 2.05) is 18.2 Å². The third-order valence-corrected chi connectivity index (χ3v) is 5.59. The van der Waals surface area contributed by atoms with Gasteiger partial charge in [0.1, 0.15) is 5.82 Å². The highest BCUT2D eigenvalue weighted by atomic mass is 127. The molecule has 7 nitrogen and oxygen atoms in total. The van der Waals surface area contributed by atoms with Gasteiger partial charge in [-0.25, -0.2) is 4.99 Å². The first kappa shape index (κ1) is 23.9. The van der Waals surface area contributed by atoms with Crippen molar-refractivity contribution in [3.63, 3.8) is 0 Å². The predicted molar refractivity (Wildman–Crippen MR) is 130 cm³/mol. The minimum Gasteiger partial charge on any atom is -0.357 e. The zero-order valence-electron chi connectivity index (χ0n) is 17.3. The smallest absolute Gasteiger partial charge is 0.191 e. The van der Waals surface area contributed by atoms with E-state index in [1.165, 1.54) is 25.7 Å². The van der Waals surface area contributed by atoms with E-state index in [2.05, 4.69) is 48.6 Å². The summed E-state index contributed by atoms with van der Waals surface area (Å²) in [7, 11) is 0. The zero-order chi connectivity index (χ0) is 19.6. The highest BCUT2D eigenvalue weighted by molar-refractivity contribution is 14.0. The number of halogens is 1. The van der Waals surface area contributed by atoms with Crippen molar-refractivity contribution in [3.8, 4) is 0 Å². The molecule has 2 aromatic rings. The highest BCUT2D eigenvalue weighted by Crippen LogP contribution is 2.33. The van der Waals surface area contributed by atoms with Crippen molar-refractivity contribution in [2.75, 3.05) is 19.3 Å². The van der Waals surface area contributed by atoms with Crippen LogP contribution in [0.5, 0.6) is 0 Å². The summed E-state index contributed by atoms with van der Waals surface area (Å²) in [5, 5.41) is 16.6. The van der Waals surface area contributed by atoms with Crippen molar-refractivity contribution in [2.24, 2.45) is 4.99 Å². The SMILES string of the molecule is CCNC(=NCc1ccccn1)NCCCc1nnc(SC)n1C1CCCC1.I. The summed E-state index contributed by atoms with van der Waals surface area (Å²) in [6.45, 7) is 4.33. The number of nitrogens with one attached hydrogen (secondary N) is 2. The van der Waals surface area contributed by atoms with Gasteiger partial charge in [0.2, 0.25) is 0 Å². The van der Waals surface area contributed by atoms with Crippen molar-refractivity contribution in [3.05, 3.63) is 35.9 Å². The third kappa shape index (κ3) is 7.13. The summed E-state index contributed by atoms with van der Waals surface area (Å²) < 4.78 is 2.39. The molecule has 3 rings (SSSR count). The van der Waals surface area contributed by atoms with Crippen molar-refractivity contribution in [2.45, 2.75) is 63.2 Å². The standard InChI is InChI=1S/C20H31N7S.HI/c1-3-21-19(24-15-16-9-6-7-13-22-16)23-14-8-12-18-25-26-20(28-2)27(18)17-10-4-5-11-17;/h6-7,9,13,17H,3-5,8,10-12,14-15H2,1-2H3,(H2,21,23,24);1H. The molecular formula is C20H32IN7S. The lowest BCUT2D eigenvalue weighted by atomic mass is 10.2. The Balaban J connectivity index is 0.00000300. The first-order valence-corrected chi connectivity index (χ1v) is 11.4. The molecule has 1 aliphatic rings. The number of aliphatic imine (C=N–C) groups is 1. The molecule has 1 fully saturated rings. The van der Waals surface area contributed by atoms with E-state index >= 15 is 0 Å². The second-order valence-corrected chi connectivity index (χ2v) is 7.73. The van der Waals surface area contributed by atoms with Crippen LogP contribution in [0, 0.1) is 0 Å². The van der Waals surface area contributed by atoms with Crippen LogP contribution in [0.15, 0.2) is 34.5 Å². The Hall–Kier alpha value is -1.36. The number of aryl methyl sites for hydroxylation is 1. The van der Waals surface area contributed by atoms with Gasteiger partial charge >= 0.3 is 0 Å². The Bertz CT molecular complexity index is 745. The number of nitrogens with zero attached hydrogens (tertiary/aromatic N) is 5. The minimum absolute atomic E-state index is 0. The number of rotatable bonds is 9. The van der Waals surface area contributed by atoms with Crippen LogP contribution in [-0.4, -0.2) is 45.1 Å². The molecular weight excluding hydrogens is 497 g/mol. The van der Waals surface area contributed by atoms with Crippen LogP contribution in [0.1, 0.15) is 56.6 Å². The number of hydrogen-bond donors (Lipinski definition) is 2.